The van der Waals surface area contributed by atoms with E-state index >= 15 is 0 Å². The predicted molar refractivity (Wildman–Crippen MR) is 238 cm³/mol. The maximum absolute atomic E-state index is 12.9. The molecule has 1 aliphatic rings. The van der Waals surface area contributed by atoms with E-state index in [1.54, 1.807) is 24.4 Å². The zero-order valence-electron chi connectivity index (χ0n) is 33.5. The van der Waals surface area contributed by atoms with Crippen LogP contribution in [0.4, 0.5) is 5.82 Å². The molecule has 0 saturated carbocycles. The minimum absolute atomic E-state index is 0.180. The summed E-state index contributed by atoms with van der Waals surface area (Å²) in [5.74, 6) is 13.9. The first-order valence-electron chi connectivity index (χ1n) is 20.2. The van der Waals surface area contributed by atoms with Crippen molar-refractivity contribution in [3.8, 4) is 46.1 Å². The van der Waals surface area contributed by atoms with Crippen LogP contribution in [0.3, 0.4) is 0 Å². The van der Waals surface area contributed by atoms with Crippen LogP contribution in [0, 0.1) is 29.1 Å². The lowest BCUT2D eigenvalue weighted by Gasteiger charge is -2.22. The fraction of sp³-hybridized carbons (Fsp3) is 0.260. The Balaban J connectivity index is 1.00. The van der Waals surface area contributed by atoms with E-state index in [9.17, 15) is 14.4 Å². The predicted octanol–water partition coefficient (Wildman–Crippen LogP) is 8.38. The van der Waals surface area contributed by atoms with Crippen molar-refractivity contribution in [1.82, 2.24) is 14.8 Å². The van der Waals surface area contributed by atoms with E-state index in [2.05, 4.69) is 92.4 Å². The van der Waals surface area contributed by atoms with Gasteiger partial charge in [-0.25, -0.2) is 0 Å². The van der Waals surface area contributed by atoms with Crippen LogP contribution in [-0.4, -0.2) is 66.7 Å². The molecule has 9 nitrogen and oxygen atoms in total. The Hall–Kier alpha value is -6.81. The van der Waals surface area contributed by atoms with Gasteiger partial charge in [0.15, 0.2) is 0 Å². The summed E-state index contributed by atoms with van der Waals surface area (Å²) < 4.78 is 2.24. The van der Waals surface area contributed by atoms with Crippen LogP contribution in [0.15, 0.2) is 108 Å². The summed E-state index contributed by atoms with van der Waals surface area (Å²) in [6.45, 7) is 2.70. The van der Waals surface area contributed by atoms with Gasteiger partial charge in [0, 0.05) is 73.4 Å². The van der Waals surface area contributed by atoms with Crippen molar-refractivity contribution in [1.29, 1.82) is 5.41 Å². The third kappa shape index (κ3) is 10.6. The molecule has 0 spiro atoms. The first-order valence-corrected chi connectivity index (χ1v) is 20.2. The fourth-order valence-electron chi connectivity index (χ4n) is 7.43. The smallest absolute Gasteiger partial charge is 0.255 e. The van der Waals surface area contributed by atoms with Crippen molar-refractivity contribution in [2.24, 2.45) is 4.99 Å². The molecule has 4 aromatic carbocycles. The number of aldehydes is 2. The number of unbranched alkanes of at least 4 members (excludes halogenated alkanes) is 3. The normalized spacial score (nSPS) is 12.3. The van der Waals surface area contributed by atoms with Crippen LogP contribution in [0.1, 0.15) is 83.1 Å². The number of aliphatic imine (C=N–C) groups is 1. The second-order valence-electron chi connectivity index (χ2n) is 14.3. The molecule has 0 fully saturated rings. The lowest BCUT2D eigenvalue weighted by Crippen LogP contribution is -2.36. The molecule has 0 radical (unpaired) electrons. The summed E-state index contributed by atoms with van der Waals surface area (Å²) >= 11 is 0. The number of hydrogen-bond donors (Lipinski definition) is 3. The maximum atomic E-state index is 12.9. The molecule has 1 amide bonds. The molecule has 2 heterocycles. The van der Waals surface area contributed by atoms with Crippen molar-refractivity contribution in [2.75, 3.05) is 25.5 Å². The Morgan fingerprint density at radius 1 is 0.847 bits per heavy atom. The van der Waals surface area contributed by atoms with Gasteiger partial charge in [-0.1, -0.05) is 103 Å². The highest BCUT2D eigenvalue weighted by Crippen LogP contribution is 2.41. The highest BCUT2D eigenvalue weighted by molar-refractivity contribution is 6.04. The van der Waals surface area contributed by atoms with Gasteiger partial charge >= 0.3 is 0 Å². The second kappa shape index (κ2) is 21.6. The Labute approximate surface area is 347 Å². The number of hydrogen-bond acceptors (Lipinski definition) is 6. The lowest BCUT2D eigenvalue weighted by atomic mass is 9.98. The topological polar surface area (TPSA) is 120 Å². The van der Waals surface area contributed by atoms with E-state index < -0.39 is 6.04 Å². The molecule has 3 N–H and O–H groups in total. The number of benzene rings is 4. The van der Waals surface area contributed by atoms with Crippen molar-refractivity contribution < 1.29 is 14.4 Å². The van der Waals surface area contributed by atoms with E-state index in [4.69, 9.17) is 5.41 Å². The molecule has 298 valence electrons. The van der Waals surface area contributed by atoms with Crippen molar-refractivity contribution >= 4 is 36.9 Å². The Morgan fingerprint density at radius 2 is 1.58 bits per heavy atom. The zero-order chi connectivity index (χ0) is 41.2. The monoisotopic (exact) mass is 782 g/mol. The molecule has 59 heavy (non-hydrogen) atoms. The first-order chi connectivity index (χ1) is 29.1. The summed E-state index contributed by atoms with van der Waals surface area (Å²) in [7, 11) is 1.73. The van der Waals surface area contributed by atoms with Gasteiger partial charge in [0.1, 0.15) is 18.4 Å². The second-order valence-corrected chi connectivity index (χ2v) is 14.3. The standard InChI is InChI=1S/C50H50N6O3/c1-52-37-54-49-45(33-51)47(41-22-8-4-9-23-41)48(42-24-10-5-11-25-42)56(49)34-39-20-15-19-38(32-39)18-7-2-3-13-29-53-30-14-6-12-21-40-26-16-28-44-46(40)35-55(50(44)59)43(36-58)27-17-31-57/h4-5,8-11,15-16,19-20,22-26,28,31-33,36-37,43,51,53H,2-3,6,13-14,17,27,29-30,34-35H2,1H3,(H,52,54). The number of fused-ring (bicyclic) bond motifs is 1. The fourth-order valence-corrected chi connectivity index (χ4v) is 7.43. The summed E-state index contributed by atoms with van der Waals surface area (Å²) in [4.78, 5) is 41.1. The number of aromatic nitrogens is 1. The van der Waals surface area contributed by atoms with Crippen molar-refractivity contribution in [3.63, 3.8) is 0 Å². The zero-order valence-corrected chi connectivity index (χ0v) is 33.5. The van der Waals surface area contributed by atoms with Crippen molar-refractivity contribution in [3.05, 3.63) is 137 Å². The Morgan fingerprint density at radius 3 is 2.32 bits per heavy atom. The van der Waals surface area contributed by atoms with E-state index in [-0.39, 0.29) is 12.3 Å². The summed E-state index contributed by atoms with van der Waals surface area (Å²) in [5, 5.41) is 15.4. The molecule has 6 rings (SSSR count). The lowest BCUT2D eigenvalue weighted by molar-refractivity contribution is -0.112. The van der Waals surface area contributed by atoms with Crippen molar-refractivity contribution in [2.45, 2.75) is 64.1 Å². The number of anilines is 1. The molecule has 0 saturated heterocycles. The number of nitrogens with zero attached hydrogens (tertiary/aromatic N) is 3. The summed E-state index contributed by atoms with van der Waals surface area (Å²) in [6.07, 6.45) is 9.68. The summed E-state index contributed by atoms with van der Waals surface area (Å²) in [6, 6.07) is 33.9. The first kappa shape index (κ1) is 41.8. The van der Waals surface area contributed by atoms with Gasteiger partial charge < -0.3 is 35.1 Å². The highest BCUT2D eigenvalue weighted by Gasteiger charge is 2.33. The van der Waals surface area contributed by atoms with Gasteiger partial charge in [-0.2, -0.15) is 0 Å². The maximum Gasteiger partial charge on any atom is 0.255 e. The minimum atomic E-state index is -0.608. The van der Waals surface area contributed by atoms with Crippen LogP contribution in [-0.2, 0) is 22.7 Å². The molecule has 1 aromatic heterocycles. The third-order valence-electron chi connectivity index (χ3n) is 10.3. The number of amides is 1. The molecule has 0 aliphatic carbocycles. The summed E-state index contributed by atoms with van der Waals surface area (Å²) in [5.41, 5.74) is 9.26. The molecular formula is C50H50N6O3. The third-order valence-corrected chi connectivity index (χ3v) is 10.3. The van der Waals surface area contributed by atoms with Gasteiger partial charge in [-0.3, -0.25) is 9.79 Å². The van der Waals surface area contributed by atoms with Crippen LogP contribution >= 0.6 is 0 Å². The molecule has 1 unspecified atom stereocenters. The van der Waals surface area contributed by atoms with Crippen LogP contribution in [0.2, 0.25) is 0 Å². The molecule has 1 atom stereocenters. The van der Waals surface area contributed by atoms with Gasteiger partial charge in [0.05, 0.1) is 18.1 Å². The number of carbonyl (C=O) groups is 3. The quantitative estimate of drug-likeness (QED) is 0.0256. The van der Waals surface area contributed by atoms with Gasteiger partial charge in [-0.05, 0) is 85.3 Å². The van der Waals surface area contributed by atoms with E-state index in [0.29, 0.717) is 25.1 Å². The molecule has 9 heteroatoms. The number of nitrogens with one attached hydrogen (secondary N) is 3. The Bertz CT molecular complexity index is 2400. The Kier molecular flexibility index (Phi) is 15.3. The van der Waals surface area contributed by atoms with Crippen LogP contribution in [0.25, 0.3) is 22.4 Å². The van der Waals surface area contributed by atoms with E-state index in [0.717, 1.165) is 114 Å². The molecular weight excluding hydrogens is 733 g/mol. The van der Waals surface area contributed by atoms with Crippen LogP contribution in [0.5, 0.6) is 0 Å². The SMILES string of the molecule is CN=CNc1c(C=N)c(-c2ccccc2)c(-c2ccccc2)n1Cc1cccc(C#CCCCCNCCCC#Cc2cccc3c2CN(C(C=O)CCC=O)C3=O)c1. The minimum Gasteiger partial charge on any atom is -0.332 e. The number of carbonyl (C=O) groups excluding carboxylic acids is 3. The van der Waals surface area contributed by atoms with E-state index in [1.165, 1.54) is 6.21 Å². The van der Waals surface area contributed by atoms with Crippen LogP contribution < -0.4 is 10.6 Å². The van der Waals surface area contributed by atoms with E-state index in [1.807, 2.05) is 48.5 Å². The average molecular weight is 783 g/mol. The number of rotatable bonds is 19. The largest absolute Gasteiger partial charge is 0.332 e. The highest BCUT2D eigenvalue weighted by atomic mass is 16.2. The van der Waals surface area contributed by atoms with Gasteiger partial charge in [-0.15, -0.1) is 0 Å². The van der Waals surface area contributed by atoms with Gasteiger partial charge in [0.2, 0.25) is 0 Å². The molecule has 0 bridgehead atoms. The van der Waals surface area contributed by atoms with Gasteiger partial charge in [0.25, 0.3) is 5.91 Å². The average Bonchev–Trinajstić information content (AvgIpc) is 3.78. The molecule has 5 aromatic rings. The molecule has 1 aliphatic heterocycles.